The first-order valence-electron chi connectivity index (χ1n) is 4.10. The number of nitriles is 1. The van der Waals surface area contributed by atoms with Crippen LogP contribution in [0.3, 0.4) is 0 Å². The van der Waals surface area contributed by atoms with Crippen LogP contribution >= 0.6 is 0 Å². The number of amides is 1. The third-order valence-corrected chi connectivity index (χ3v) is 2.84. The van der Waals surface area contributed by atoms with Gasteiger partial charge < -0.3 is 5.32 Å². The van der Waals surface area contributed by atoms with Gasteiger partial charge in [0, 0.05) is 6.54 Å². The van der Waals surface area contributed by atoms with E-state index in [4.69, 9.17) is 10.4 Å². The molecule has 0 aliphatic heterocycles. The standard InChI is InChI=1S/C7H11N3O3S/c8-5-7(1-2-7)6(11)10-3-4-14(9,12)13/h1-4H2,(H,10,11)(H2,9,12,13). The molecule has 1 fully saturated rings. The van der Waals surface area contributed by atoms with Crippen LogP contribution < -0.4 is 10.5 Å². The fourth-order valence-electron chi connectivity index (χ4n) is 0.991. The normalized spacial score (nSPS) is 18.3. The smallest absolute Gasteiger partial charge is 0.240 e. The van der Waals surface area contributed by atoms with Crippen LogP contribution in [-0.2, 0) is 14.8 Å². The molecule has 1 saturated carbocycles. The quantitative estimate of drug-likeness (QED) is 0.608. The van der Waals surface area contributed by atoms with Crippen molar-refractivity contribution in [2.75, 3.05) is 12.3 Å². The Labute approximate surface area is 82.1 Å². The minimum atomic E-state index is -3.55. The first kappa shape index (κ1) is 10.9. The van der Waals surface area contributed by atoms with Crippen molar-refractivity contribution in [1.29, 1.82) is 5.26 Å². The van der Waals surface area contributed by atoms with Gasteiger partial charge in [-0.3, -0.25) is 4.79 Å². The van der Waals surface area contributed by atoms with Crippen LogP contribution in [0.25, 0.3) is 0 Å². The van der Waals surface area contributed by atoms with Crippen molar-refractivity contribution in [3.8, 4) is 6.07 Å². The van der Waals surface area contributed by atoms with Crippen molar-refractivity contribution in [2.45, 2.75) is 12.8 Å². The molecule has 14 heavy (non-hydrogen) atoms. The lowest BCUT2D eigenvalue weighted by Crippen LogP contribution is -2.35. The van der Waals surface area contributed by atoms with Crippen molar-refractivity contribution in [2.24, 2.45) is 10.6 Å². The molecule has 0 unspecified atom stereocenters. The number of carbonyl (C=O) groups is 1. The Bertz CT molecular complexity index is 377. The van der Waals surface area contributed by atoms with Gasteiger partial charge in [0.25, 0.3) is 0 Å². The lowest BCUT2D eigenvalue weighted by molar-refractivity contribution is -0.124. The maximum absolute atomic E-state index is 11.3. The number of nitrogens with zero attached hydrogens (tertiary/aromatic N) is 1. The van der Waals surface area contributed by atoms with E-state index in [0.717, 1.165) is 0 Å². The second-order valence-corrected chi connectivity index (χ2v) is 5.05. The van der Waals surface area contributed by atoms with Crippen LogP contribution in [0.15, 0.2) is 0 Å². The molecule has 0 bridgehead atoms. The van der Waals surface area contributed by atoms with Crippen molar-refractivity contribution < 1.29 is 13.2 Å². The summed E-state index contributed by atoms with van der Waals surface area (Å²) in [5.41, 5.74) is -0.904. The van der Waals surface area contributed by atoms with E-state index in [-0.39, 0.29) is 12.3 Å². The molecule has 3 N–H and O–H groups in total. The van der Waals surface area contributed by atoms with Gasteiger partial charge in [-0.15, -0.1) is 0 Å². The van der Waals surface area contributed by atoms with E-state index in [9.17, 15) is 13.2 Å². The summed E-state index contributed by atoms with van der Waals surface area (Å²) in [5, 5.41) is 15.7. The fourth-order valence-corrected chi connectivity index (χ4v) is 1.38. The Morgan fingerprint density at radius 1 is 1.57 bits per heavy atom. The molecule has 0 atom stereocenters. The highest BCUT2D eigenvalue weighted by molar-refractivity contribution is 7.89. The molecule has 0 heterocycles. The summed E-state index contributed by atoms with van der Waals surface area (Å²) in [4.78, 5) is 11.3. The van der Waals surface area contributed by atoms with Gasteiger partial charge in [-0.25, -0.2) is 13.6 Å². The lowest BCUT2D eigenvalue weighted by atomic mass is 10.1. The van der Waals surface area contributed by atoms with E-state index in [2.05, 4.69) is 5.32 Å². The van der Waals surface area contributed by atoms with E-state index in [1.165, 1.54) is 0 Å². The van der Waals surface area contributed by atoms with Gasteiger partial charge in [-0.1, -0.05) is 0 Å². The Morgan fingerprint density at radius 2 is 2.14 bits per heavy atom. The third kappa shape index (κ3) is 2.68. The van der Waals surface area contributed by atoms with Crippen LogP contribution in [0, 0.1) is 16.7 Å². The summed E-state index contributed by atoms with van der Waals surface area (Å²) in [7, 11) is -3.55. The molecular weight excluding hydrogens is 206 g/mol. The first-order chi connectivity index (χ1) is 6.40. The van der Waals surface area contributed by atoms with Crippen molar-refractivity contribution in [1.82, 2.24) is 5.32 Å². The highest BCUT2D eigenvalue weighted by atomic mass is 32.2. The van der Waals surface area contributed by atoms with Gasteiger partial charge in [0.05, 0.1) is 11.8 Å². The van der Waals surface area contributed by atoms with Crippen LogP contribution in [0.5, 0.6) is 0 Å². The predicted molar refractivity (Wildman–Crippen MR) is 48.3 cm³/mol. The summed E-state index contributed by atoms with van der Waals surface area (Å²) >= 11 is 0. The Hall–Kier alpha value is -1.13. The minimum Gasteiger partial charge on any atom is -0.354 e. The largest absolute Gasteiger partial charge is 0.354 e. The van der Waals surface area contributed by atoms with Gasteiger partial charge >= 0.3 is 0 Å². The van der Waals surface area contributed by atoms with Crippen LogP contribution in [0.4, 0.5) is 0 Å². The molecule has 1 aliphatic rings. The summed E-state index contributed by atoms with van der Waals surface area (Å²) < 4.78 is 21.0. The lowest BCUT2D eigenvalue weighted by Gasteiger charge is -2.06. The molecule has 6 nitrogen and oxygen atoms in total. The van der Waals surface area contributed by atoms with E-state index < -0.39 is 21.3 Å². The molecule has 0 aromatic rings. The zero-order valence-corrected chi connectivity index (χ0v) is 8.30. The Morgan fingerprint density at radius 3 is 2.50 bits per heavy atom. The average Bonchev–Trinajstić information content (AvgIpc) is 2.81. The number of sulfonamides is 1. The molecule has 0 spiro atoms. The topological polar surface area (TPSA) is 113 Å². The van der Waals surface area contributed by atoms with Crippen LogP contribution in [-0.4, -0.2) is 26.6 Å². The highest BCUT2D eigenvalue weighted by Gasteiger charge is 2.50. The maximum Gasteiger partial charge on any atom is 0.240 e. The third-order valence-electron chi connectivity index (χ3n) is 2.07. The molecule has 1 aliphatic carbocycles. The SMILES string of the molecule is N#CC1(C(=O)NCCS(N)(=O)=O)CC1. The molecule has 1 rings (SSSR count). The second-order valence-electron chi connectivity index (χ2n) is 3.32. The van der Waals surface area contributed by atoms with Gasteiger partial charge in [0.2, 0.25) is 15.9 Å². The summed E-state index contributed by atoms with van der Waals surface area (Å²) in [6.07, 6.45) is 1.09. The number of nitrogens with two attached hydrogens (primary N) is 1. The number of primary sulfonamides is 1. The molecule has 0 aromatic carbocycles. The molecular formula is C7H11N3O3S. The predicted octanol–water partition coefficient (Wildman–Crippen LogP) is -1.31. The summed E-state index contributed by atoms with van der Waals surface area (Å²) in [6, 6.07) is 1.91. The van der Waals surface area contributed by atoms with Gasteiger partial charge in [-0.05, 0) is 12.8 Å². The van der Waals surface area contributed by atoms with Gasteiger partial charge in [0.1, 0.15) is 5.41 Å². The van der Waals surface area contributed by atoms with E-state index in [0.29, 0.717) is 12.8 Å². The minimum absolute atomic E-state index is 0.0406. The molecule has 0 radical (unpaired) electrons. The van der Waals surface area contributed by atoms with E-state index in [1.54, 1.807) is 0 Å². The number of carbonyl (C=O) groups excluding carboxylic acids is 1. The molecule has 0 saturated heterocycles. The number of rotatable bonds is 4. The van der Waals surface area contributed by atoms with E-state index >= 15 is 0 Å². The van der Waals surface area contributed by atoms with Gasteiger partial charge in [0.15, 0.2) is 0 Å². The first-order valence-corrected chi connectivity index (χ1v) is 5.81. The Balaban J connectivity index is 2.34. The molecule has 7 heteroatoms. The maximum atomic E-state index is 11.3. The van der Waals surface area contributed by atoms with Gasteiger partial charge in [-0.2, -0.15) is 5.26 Å². The zero-order valence-electron chi connectivity index (χ0n) is 7.49. The van der Waals surface area contributed by atoms with Crippen molar-refractivity contribution >= 4 is 15.9 Å². The monoisotopic (exact) mass is 217 g/mol. The number of hydrogen-bond acceptors (Lipinski definition) is 4. The zero-order chi connectivity index (χ0) is 10.8. The Kier molecular flexibility index (Phi) is 2.78. The van der Waals surface area contributed by atoms with Crippen molar-refractivity contribution in [3.63, 3.8) is 0 Å². The fraction of sp³-hybridized carbons (Fsp3) is 0.714. The number of hydrogen-bond donors (Lipinski definition) is 2. The second kappa shape index (κ2) is 3.55. The molecule has 78 valence electrons. The average molecular weight is 217 g/mol. The summed E-state index contributed by atoms with van der Waals surface area (Å²) in [5.74, 6) is -0.705. The summed E-state index contributed by atoms with van der Waals surface area (Å²) in [6.45, 7) is -0.0406. The molecule has 0 aromatic heterocycles. The molecule has 1 amide bonds. The van der Waals surface area contributed by atoms with Crippen LogP contribution in [0.2, 0.25) is 0 Å². The number of nitrogens with one attached hydrogen (secondary N) is 1. The van der Waals surface area contributed by atoms with Crippen LogP contribution in [0.1, 0.15) is 12.8 Å². The van der Waals surface area contributed by atoms with E-state index in [1.807, 2.05) is 6.07 Å². The highest BCUT2D eigenvalue weighted by Crippen LogP contribution is 2.44. The van der Waals surface area contributed by atoms with Crippen molar-refractivity contribution in [3.05, 3.63) is 0 Å².